The molecule has 0 spiro atoms. The molecule has 1 amide bonds. The summed E-state index contributed by atoms with van der Waals surface area (Å²) in [4.78, 5) is 31.5. The van der Waals surface area contributed by atoms with Crippen molar-refractivity contribution in [2.75, 3.05) is 43.9 Å². The Balaban J connectivity index is 0.000000309. The number of thioether (sulfide) groups is 1. The number of benzene rings is 1. The number of likely N-dealkylation sites (tertiary alicyclic amines) is 1. The normalized spacial score (nSPS) is 21.7. The number of rotatable bonds is 9. The first-order valence-corrected chi connectivity index (χ1v) is 16.3. The van der Waals surface area contributed by atoms with Crippen LogP contribution in [0.2, 0.25) is 0 Å². The van der Waals surface area contributed by atoms with E-state index < -0.39 is 5.82 Å². The van der Waals surface area contributed by atoms with Crippen LogP contribution < -0.4 is 20.3 Å². The van der Waals surface area contributed by atoms with E-state index in [0.29, 0.717) is 56.9 Å². The number of halogens is 2. The molecule has 0 saturated carbocycles. The number of allylic oxidation sites excluding steroid dienone is 5. The summed E-state index contributed by atoms with van der Waals surface area (Å²) in [6.45, 7) is 8.87. The fraction of sp³-hybridized carbons (Fsp3) is 0.424. The number of nitrogens with one attached hydrogen (secondary N) is 2. The summed E-state index contributed by atoms with van der Waals surface area (Å²) in [6.07, 6.45) is 17.1. The van der Waals surface area contributed by atoms with Crippen LogP contribution in [0.15, 0.2) is 75.2 Å². The molecule has 1 aromatic rings. The van der Waals surface area contributed by atoms with E-state index in [4.69, 9.17) is 16.3 Å². The second-order valence-electron chi connectivity index (χ2n) is 11.0. The van der Waals surface area contributed by atoms with Gasteiger partial charge in [-0.1, -0.05) is 18.2 Å². The second kappa shape index (κ2) is 16.7. The van der Waals surface area contributed by atoms with Crippen molar-refractivity contribution in [3.05, 3.63) is 76.7 Å². The van der Waals surface area contributed by atoms with Crippen LogP contribution in [0.5, 0.6) is 5.75 Å². The highest BCUT2D eigenvalue weighted by molar-refractivity contribution is 7.99. The maximum absolute atomic E-state index is 15.3. The van der Waals surface area contributed by atoms with Crippen molar-refractivity contribution < 1.29 is 18.7 Å². The van der Waals surface area contributed by atoms with E-state index in [2.05, 4.69) is 34.2 Å². The summed E-state index contributed by atoms with van der Waals surface area (Å²) >= 11 is 7.65. The van der Waals surface area contributed by atoms with Gasteiger partial charge in [0.15, 0.2) is 11.5 Å². The lowest BCUT2D eigenvalue weighted by Crippen LogP contribution is -2.25. The summed E-state index contributed by atoms with van der Waals surface area (Å²) < 4.78 is 21.4. The molecule has 4 aliphatic rings. The van der Waals surface area contributed by atoms with Crippen LogP contribution >= 0.6 is 23.4 Å². The summed E-state index contributed by atoms with van der Waals surface area (Å²) in [5.74, 6) is 0.536. The van der Waals surface area contributed by atoms with Gasteiger partial charge >= 0.3 is 0 Å². The lowest BCUT2D eigenvalue weighted by atomic mass is 10.0. The molecule has 0 aliphatic carbocycles. The molecule has 4 aliphatic heterocycles. The minimum Gasteiger partial charge on any atom is -0.486 e. The number of hydrogen-bond acceptors (Lipinski definition) is 8. The number of ketones is 1. The minimum atomic E-state index is -0.407. The monoisotopic (exact) mass is 641 g/mol. The van der Waals surface area contributed by atoms with Crippen molar-refractivity contribution in [1.29, 1.82) is 0 Å². The molecule has 8 nitrogen and oxygen atoms in total. The smallest absolute Gasteiger partial charge is 0.207 e. The topological polar surface area (TPSA) is 86.3 Å². The average molecular weight is 642 g/mol. The molecule has 1 unspecified atom stereocenters. The van der Waals surface area contributed by atoms with Gasteiger partial charge in [-0.25, -0.2) is 4.39 Å². The second-order valence-corrected chi connectivity index (χ2v) is 12.5. The molecule has 2 N–H and O–H groups in total. The van der Waals surface area contributed by atoms with Crippen LogP contribution in [0.4, 0.5) is 10.1 Å². The molecule has 0 aromatic heterocycles. The summed E-state index contributed by atoms with van der Waals surface area (Å²) in [6, 6.07) is 2.19. The molecule has 1 aromatic carbocycles. The van der Waals surface area contributed by atoms with E-state index in [1.165, 1.54) is 43.6 Å². The zero-order valence-corrected chi connectivity index (χ0v) is 27.0. The van der Waals surface area contributed by atoms with Gasteiger partial charge in [0.1, 0.15) is 12.4 Å². The Morgan fingerprint density at radius 3 is 2.95 bits per heavy atom. The molecule has 1 saturated heterocycles. The molecule has 44 heavy (non-hydrogen) atoms. The molecular formula is C33H41ClFN5O3S. The molecule has 0 bridgehead atoms. The third kappa shape index (κ3) is 9.09. The van der Waals surface area contributed by atoms with Gasteiger partial charge in [-0.05, 0) is 76.1 Å². The van der Waals surface area contributed by atoms with Crippen molar-refractivity contribution in [1.82, 2.24) is 15.5 Å². The molecule has 236 valence electrons. The Kier molecular flexibility index (Phi) is 12.7. The van der Waals surface area contributed by atoms with E-state index in [0.717, 1.165) is 31.1 Å². The third-order valence-corrected chi connectivity index (χ3v) is 9.08. The average Bonchev–Trinajstić information content (AvgIpc) is 3.37. The highest BCUT2D eigenvalue weighted by Gasteiger charge is 2.29. The van der Waals surface area contributed by atoms with Crippen molar-refractivity contribution >= 4 is 47.5 Å². The Hall–Kier alpha value is -3.34. The Bertz CT molecular complexity index is 1390. The number of amides is 1. The molecular weight excluding hydrogens is 601 g/mol. The van der Waals surface area contributed by atoms with Gasteiger partial charge in [-0.2, -0.15) is 0 Å². The fourth-order valence-electron chi connectivity index (χ4n) is 5.42. The summed E-state index contributed by atoms with van der Waals surface area (Å²) in [7, 11) is 2.19. The van der Waals surface area contributed by atoms with Crippen molar-refractivity contribution in [2.45, 2.75) is 56.4 Å². The minimum absolute atomic E-state index is 0.0787. The maximum Gasteiger partial charge on any atom is 0.207 e. The van der Waals surface area contributed by atoms with Gasteiger partial charge in [0.25, 0.3) is 0 Å². The van der Waals surface area contributed by atoms with Gasteiger partial charge in [0.2, 0.25) is 6.41 Å². The highest BCUT2D eigenvalue weighted by atomic mass is 35.5. The number of carbonyl (C=O) groups is 2. The molecule has 5 rings (SSSR count). The Morgan fingerprint density at radius 2 is 2.23 bits per heavy atom. The van der Waals surface area contributed by atoms with Crippen LogP contribution in [0.1, 0.15) is 44.6 Å². The summed E-state index contributed by atoms with van der Waals surface area (Å²) in [5.41, 5.74) is 3.19. The van der Waals surface area contributed by atoms with Crippen LogP contribution in [0.25, 0.3) is 0 Å². The number of Topliss-reactive ketones (excluding diaryl/α,β-unsaturated/α-hetero) is 1. The zero-order chi connectivity index (χ0) is 31.5. The fourth-order valence-corrected chi connectivity index (χ4v) is 6.63. The van der Waals surface area contributed by atoms with E-state index in [1.54, 1.807) is 36.3 Å². The molecule has 11 heteroatoms. The maximum atomic E-state index is 15.3. The third-order valence-electron chi connectivity index (χ3n) is 7.77. The lowest BCUT2D eigenvalue weighted by molar-refractivity contribution is -0.115. The van der Waals surface area contributed by atoms with Crippen molar-refractivity contribution in [3.8, 4) is 5.75 Å². The van der Waals surface area contributed by atoms with E-state index in [-0.39, 0.29) is 18.8 Å². The number of aliphatic imine (C=N–C) groups is 1. The van der Waals surface area contributed by atoms with Crippen molar-refractivity contribution in [2.24, 2.45) is 4.99 Å². The quantitative estimate of drug-likeness (QED) is 0.199. The van der Waals surface area contributed by atoms with Crippen LogP contribution in [0, 0.1) is 5.82 Å². The number of ether oxygens (including phenoxy) is 1. The zero-order valence-electron chi connectivity index (χ0n) is 25.4. The highest BCUT2D eigenvalue weighted by Crippen LogP contribution is 2.46. The predicted octanol–water partition coefficient (Wildman–Crippen LogP) is 5.85. The number of carbonyl (C=O) groups excluding carboxylic acids is 2. The van der Waals surface area contributed by atoms with Crippen LogP contribution in [0.3, 0.4) is 0 Å². The Morgan fingerprint density at radius 1 is 1.39 bits per heavy atom. The van der Waals surface area contributed by atoms with Crippen molar-refractivity contribution in [3.63, 3.8) is 0 Å². The SMILES string of the molecule is C=C1/C=C(Cl)\C=C/COc2c(SCCC3=CNCC=N3)c(F)cc3c2N1C=C(C)C(=O)C3.CN1CCCC1CCCNC=O. The number of hydrogen-bond donors (Lipinski definition) is 2. The van der Waals surface area contributed by atoms with E-state index in [1.807, 2.05) is 12.4 Å². The molecule has 0 radical (unpaired) electrons. The summed E-state index contributed by atoms with van der Waals surface area (Å²) in [5, 5.41) is 6.30. The molecule has 1 atom stereocenters. The standard InChI is InChI=1S/C24H23ClFN3O2S.C9H18N2O/c1-15-14-29-16(2)10-18(25)4-3-8-31-23-22(29)17(12-21(15)30)11-20(26)24(23)32-9-5-19-13-27-6-7-28-19;1-11-7-3-5-9(11)4-2-6-10-8-12/h3-4,7,10-11,13-14,27H,2,5-6,8-9,12H2,1H3;8-9H,2-7H2,1H3,(H,10,12)/b4-3-,18-10+;. The first-order valence-electron chi connectivity index (χ1n) is 14.9. The van der Waals surface area contributed by atoms with Gasteiger partial charge in [-0.15, -0.1) is 11.8 Å². The molecule has 4 heterocycles. The van der Waals surface area contributed by atoms with Crippen LogP contribution in [-0.4, -0.2) is 68.4 Å². The largest absolute Gasteiger partial charge is 0.486 e. The predicted molar refractivity (Wildman–Crippen MR) is 178 cm³/mol. The van der Waals surface area contributed by atoms with Crippen LogP contribution in [-0.2, 0) is 16.0 Å². The van der Waals surface area contributed by atoms with E-state index >= 15 is 4.39 Å². The van der Waals surface area contributed by atoms with Gasteiger partial charge < -0.3 is 25.2 Å². The van der Waals surface area contributed by atoms with E-state index in [9.17, 15) is 9.59 Å². The molecule has 1 fully saturated rings. The number of nitrogens with zero attached hydrogens (tertiary/aromatic N) is 3. The Labute approximate surface area is 268 Å². The first-order chi connectivity index (χ1) is 21.3. The lowest BCUT2D eigenvalue weighted by Gasteiger charge is -2.27. The van der Waals surface area contributed by atoms with Gasteiger partial charge in [0, 0.05) is 72.6 Å². The van der Waals surface area contributed by atoms with Gasteiger partial charge in [-0.3, -0.25) is 14.6 Å². The number of anilines is 1. The van der Waals surface area contributed by atoms with Gasteiger partial charge in [0.05, 0.1) is 16.3 Å². The first kappa shape index (κ1) is 33.6.